The van der Waals surface area contributed by atoms with Crippen LogP contribution in [-0.2, 0) is 14.3 Å². The van der Waals surface area contributed by atoms with Crippen LogP contribution in [0.4, 0.5) is 10.1 Å². The number of rotatable bonds is 11. The molecule has 9 nitrogen and oxygen atoms in total. The summed E-state index contributed by atoms with van der Waals surface area (Å²) in [7, 11) is 0. The first kappa shape index (κ1) is 31.3. The summed E-state index contributed by atoms with van der Waals surface area (Å²) < 4.78 is 25.5. The number of ether oxygens (including phenoxy) is 2. The van der Waals surface area contributed by atoms with Crippen LogP contribution in [0.15, 0.2) is 71.6 Å². The van der Waals surface area contributed by atoms with Crippen molar-refractivity contribution < 1.29 is 33.4 Å². The summed E-state index contributed by atoms with van der Waals surface area (Å²) in [6.45, 7) is 4.35. The Morgan fingerprint density at radius 2 is 1.73 bits per heavy atom. The molecule has 2 aliphatic rings. The fraction of sp³-hybridized carbons (Fsp3) is 0.250. The molecule has 5 rings (SSSR count). The predicted octanol–water partition coefficient (Wildman–Crippen LogP) is 5.13. The van der Waals surface area contributed by atoms with Crippen molar-refractivity contribution in [1.29, 1.82) is 0 Å². The molecule has 12 heteroatoms. The van der Waals surface area contributed by atoms with Gasteiger partial charge in [0.2, 0.25) is 5.91 Å². The summed E-state index contributed by atoms with van der Waals surface area (Å²) in [5.41, 5.74) is 2.89. The zero-order valence-electron chi connectivity index (χ0n) is 23.7. The number of nitrogens with zero attached hydrogens (tertiary/aromatic N) is 2. The van der Waals surface area contributed by atoms with E-state index in [9.17, 15) is 18.8 Å². The van der Waals surface area contributed by atoms with Crippen LogP contribution >= 0.6 is 24.0 Å². The first-order valence-corrected chi connectivity index (χ1v) is 15.2. The lowest BCUT2D eigenvalue weighted by Gasteiger charge is -2.26. The Kier molecular flexibility index (Phi) is 10.4. The molecule has 0 aliphatic carbocycles. The number of morpholine rings is 1. The molecule has 0 aromatic heterocycles. The minimum atomic E-state index is -1.06. The number of carboxylic acids is 1. The van der Waals surface area contributed by atoms with Gasteiger partial charge in [-0.05, 0) is 65.7 Å². The number of nitrogens with one attached hydrogen (secondary N) is 1. The molecule has 3 aromatic rings. The van der Waals surface area contributed by atoms with E-state index in [2.05, 4.69) is 10.2 Å². The molecule has 2 N–H and O–H groups in total. The van der Waals surface area contributed by atoms with E-state index in [1.165, 1.54) is 41.3 Å². The maximum atomic E-state index is 13.5. The lowest BCUT2D eigenvalue weighted by Crippen LogP contribution is -2.38. The number of hydrogen-bond acceptors (Lipinski definition) is 8. The number of amides is 2. The summed E-state index contributed by atoms with van der Waals surface area (Å²) in [4.78, 5) is 41.0. The quantitative estimate of drug-likeness (QED) is 0.219. The second-order valence-electron chi connectivity index (χ2n) is 10.1. The Hall–Kier alpha value is -4.10. The van der Waals surface area contributed by atoms with E-state index in [1.807, 2.05) is 18.2 Å². The predicted molar refractivity (Wildman–Crippen MR) is 171 cm³/mol. The minimum Gasteiger partial charge on any atom is -0.492 e. The zero-order valence-corrected chi connectivity index (χ0v) is 25.3. The third kappa shape index (κ3) is 8.08. The third-order valence-corrected chi connectivity index (χ3v) is 8.47. The van der Waals surface area contributed by atoms with Crippen LogP contribution in [0.25, 0.3) is 17.2 Å². The normalized spacial score (nSPS) is 16.4. The highest BCUT2D eigenvalue weighted by Crippen LogP contribution is 2.36. The lowest BCUT2D eigenvalue weighted by molar-refractivity contribution is -0.122. The molecule has 2 heterocycles. The molecule has 2 fully saturated rings. The van der Waals surface area contributed by atoms with Crippen molar-refractivity contribution in [2.45, 2.75) is 6.42 Å². The SMILES string of the molecule is O=C(CCN1C(=O)C(=Cc2cc(-c3ccc(F)cc3)ccc2OCCN2CCOCC2)SC1=S)Nc1ccc(C(=O)O)cc1. The highest BCUT2D eigenvalue weighted by Gasteiger charge is 2.32. The first-order chi connectivity index (χ1) is 21.3. The molecule has 2 aliphatic heterocycles. The molecule has 3 aromatic carbocycles. The van der Waals surface area contributed by atoms with Crippen molar-refractivity contribution >= 4 is 57.8 Å². The van der Waals surface area contributed by atoms with Gasteiger partial charge in [0.1, 0.15) is 22.5 Å². The first-order valence-electron chi connectivity index (χ1n) is 14.0. The van der Waals surface area contributed by atoms with E-state index in [4.69, 9.17) is 26.8 Å². The van der Waals surface area contributed by atoms with Gasteiger partial charge in [-0.15, -0.1) is 0 Å². The molecule has 0 bridgehead atoms. The van der Waals surface area contributed by atoms with Gasteiger partial charge in [-0.1, -0.05) is 42.2 Å². The molecule has 0 radical (unpaired) electrons. The topological polar surface area (TPSA) is 108 Å². The van der Waals surface area contributed by atoms with Crippen molar-refractivity contribution in [1.82, 2.24) is 9.80 Å². The van der Waals surface area contributed by atoms with Crippen LogP contribution in [0.2, 0.25) is 0 Å². The number of benzene rings is 3. The number of anilines is 1. The maximum Gasteiger partial charge on any atom is 0.335 e. The van der Waals surface area contributed by atoms with Crippen molar-refractivity contribution in [3.05, 3.63) is 88.6 Å². The van der Waals surface area contributed by atoms with Crippen molar-refractivity contribution in [3.63, 3.8) is 0 Å². The van der Waals surface area contributed by atoms with Gasteiger partial charge in [0.05, 0.1) is 23.7 Å². The van der Waals surface area contributed by atoms with Crippen LogP contribution in [-0.4, -0.2) is 83.0 Å². The Bertz CT molecular complexity index is 1570. The molecular formula is C32H30FN3O6S2. The number of thiocarbonyl (C=S) groups is 1. The van der Waals surface area contributed by atoms with E-state index in [0.717, 1.165) is 42.5 Å². The standard InChI is InChI=1S/C32H30FN3O6S2/c33-25-6-1-21(2-7-25)23-5-10-27(42-18-15-35-13-16-41-17-14-35)24(19-23)20-28-30(38)36(32(43)44-28)12-11-29(37)34-26-8-3-22(4-9-26)31(39)40/h1-10,19-20H,11-18H2,(H,34,37)(H,39,40). The smallest absolute Gasteiger partial charge is 0.335 e. The average Bonchev–Trinajstić information content (AvgIpc) is 3.29. The molecule has 228 valence electrons. The second-order valence-corrected chi connectivity index (χ2v) is 11.8. The summed E-state index contributed by atoms with van der Waals surface area (Å²) in [6, 6.07) is 17.6. The average molecular weight is 636 g/mol. The fourth-order valence-corrected chi connectivity index (χ4v) is 5.99. The Labute approximate surface area is 263 Å². The van der Waals surface area contributed by atoms with Gasteiger partial charge in [-0.25, -0.2) is 9.18 Å². The van der Waals surface area contributed by atoms with Gasteiger partial charge in [0, 0.05) is 43.9 Å². The third-order valence-electron chi connectivity index (χ3n) is 7.09. The van der Waals surface area contributed by atoms with Crippen LogP contribution < -0.4 is 10.1 Å². The van der Waals surface area contributed by atoms with Gasteiger partial charge in [-0.2, -0.15) is 0 Å². The van der Waals surface area contributed by atoms with Gasteiger partial charge in [0.25, 0.3) is 5.91 Å². The molecule has 0 unspecified atom stereocenters. The van der Waals surface area contributed by atoms with E-state index in [1.54, 1.807) is 18.2 Å². The minimum absolute atomic E-state index is 0.00362. The van der Waals surface area contributed by atoms with E-state index >= 15 is 0 Å². The van der Waals surface area contributed by atoms with E-state index in [0.29, 0.717) is 46.0 Å². The number of hydrogen-bond donors (Lipinski definition) is 2. The zero-order chi connectivity index (χ0) is 31.1. The van der Waals surface area contributed by atoms with Crippen molar-refractivity contribution in [2.75, 3.05) is 51.3 Å². The molecule has 0 saturated carbocycles. The molecule has 44 heavy (non-hydrogen) atoms. The Morgan fingerprint density at radius 1 is 1.02 bits per heavy atom. The fourth-order valence-electron chi connectivity index (χ4n) is 4.69. The molecule has 2 saturated heterocycles. The monoisotopic (exact) mass is 635 g/mol. The number of carbonyl (C=O) groups is 3. The highest BCUT2D eigenvalue weighted by atomic mass is 32.2. The van der Waals surface area contributed by atoms with Gasteiger partial charge < -0.3 is 19.9 Å². The summed E-state index contributed by atoms with van der Waals surface area (Å²) >= 11 is 6.63. The number of aromatic carboxylic acids is 1. The largest absolute Gasteiger partial charge is 0.492 e. The lowest BCUT2D eigenvalue weighted by atomic mass is 10.0. The second kappa shape index (κ2) is 14.6. The number of thioether (sulfide) groups is 1. The maximum absolute atomic E-state index is 13.5. The van der Waals surface area contributed by atoms with Crippen molar-refractivity contribution in [3.8, 4) is 16.9 Å². The van der Waals surface area contributed by atoms with Crippen LogP contribution in [0.5, 0.6) is 5.75 Å². The Morgan fingerprint density at radius 3 is 2.43 bits per heavy atom. The van der Waals surface area contributed by atoms with Crippen LogP contribution in [0.1, 0.15) is 22.3 Å². The van der Waals surface area contributed by atoms with Crippen LogP contribution in [0.3, 0.4) is 0 Å². The van der Waals surface area contributed by atoms with Gasteiger partial charge in [0.15, 0.2) is 0 Å². The van der Waals surface area contributed by atoms with E-state index < -0.39 is 5.97 Å². The van der Waals surface area contributed by atoms with Crippen LogP contribution in [0, 0.1) is 5.82 Å². The van der Waals surface area contributed by atoms with Gasteiger partial charge >= 0.3 is 5.97 Å². The summed E-state index contributed by atoms with van der Waals surface area (Å²) in [5, 5.41) is 11.7. The Balaban J connectivity index is 1.28. The highest BCUT2D eigenvalue weighted by molar-refractivity contribution is 8.26. The van der Waals surface area contributed by atoms with E-state index in [-0.39, 0.29) is 36.2 Å². The molecule has 0 atom stereocenters. The number of halogens is 1. The molecular weight excluding hydrogens is 605 g/mol. The number of carboxylic acid groups (broad SMARTS) is 1. The molecule has 0 spiro atoms. The molecule has 2 amide bonds. The van der Waals surface area contributed by atoms with Gasteiger partial charge in [-0.3, -0.25) is 19.4 Å². The summed E-state index contributed by atoms with van der Waals surface area (Å²) in [6.07, 6.45) is 1.73. The number of carbonyl (C=O) groups excluding carboxylic acids is 2. The van der Waals surface area contributed by atoms with Crippen molar-refractivity contribution in [2.24, 2.45) is 0 Å². The summed E-state index contributed by atoms with van der Waals surface area (Å²) in [5.74, 6) is -1.44.